The molecule has 1 aromatic rings. The highest BCUT2D eigenvalue weighted by molar-refractivity contribution is 5.24. The highest BCUT2D eigenvalue weighted by Gasteiger charge is 2.10. The Labute approximate surface area is 104 Å². The smallest absolute Gasteiger partial charge is 0.0662 e. The molecule has 0 radical (unpaired) electrons. The predicted molar refractivity (Wildman–Crippen MR) is 70.4 cm³/mol. The summed E-state index contributed by atoms with van der Waals surface area (Å²) in [5.74, 6) is 0. The van der Waals surface area contributed by atoms with Crippen LogP contribution in [0.15, 0.2) is 0 Å². The van der Waals surface area contributed by atoms with Gasteiger partial charge in [-0.25, -0.2) is 0 Å². The van der Waals surface area contributed by atoms with E-state index in [0.29, 0.717) is 0 Å². The van der Waals surface area contributed by atoms with Gasteiger partial charge in [-0.2, -0.15) is 5.10 Å². The minimum absolute atomic E-state index is 0.741. The Bertz CT molecular complexity index is 334. The van der Waals surface area contributed by atoms with E-state index in [1.54, 1.807) is 0 Å². The zero-order valence-corrected chi connectivity index (χ0v) is 11.5. The molecule has 0 saturated heterocycles. The maximum Gasteiger partial charge on any atom is 0.0662 e. The number of nitrogens with zero attached hydrogens (tertiary/aromatic N) is 2. The molecular weight excluding hydrogens is 214 g/mol. The zero-order valence-electron chi connectivity index (χ0n) is 11.5. The molecule has 0 atom stereocenters. The number of aryl methyl sites for hydroxylation is 1. The quantitative estimate of drug-likeness (QED) is 0.702. The van der Waals surface area contributed by atoms with Crippen LogP contribution < -0.4 is 5.32 Å². The van der Waals surface area contributed by atoms with E-state index in [1.165, 1.54) is 11.3 Å². The van der Waals surface area contributed by atoms with Gasteiger partial charge in [0.25, 0.3) is 0 Å². The van der Waals surface area contributed by atoms with Gasteiger partial charge in [-0.05, 0) is 45.8 Å². The Hall–Kier alpha value is -0.870. The van der Waals surface area contributed by atoms with Crippen molar-refractivity contribution in [2.45, 2.75) is 40.7 Å². The summed E-state index contributed by atoms with van der Waals surface area (Å²) >= 11 is 0. The number of nitrogens with one attached hydrogen (secondary N) is 1. The lowest BCUT2D eigenvalue weighted by molar-refractivity contribution is 0.135. The highest BCUT2D eigenvalue weighted by Crippen LogP contribution is 2.13. The summed E-state index contributed by atoms with van der Waals surface area (Å²) in [6.07, 6.45) is 1.06. The van der Waals surface area contributed by atoms with Gasteiger partial charge in [0.1, 0.15) is 0 Å². The molecule has 0 bridgehead atoms. The summed E-state index contributed by atoms with van der Waals surface area (Å²) in [6, 6.07) is 0. The van der Waals surface area contributed by atoms with Crippen molar-refractivity contribution in [3.63, 3.8) is 0 Å². The van der Waals surface area contributed by atoms with E-state index >= 15 is 0 Å². The number of ether oxygens (including phenoxy) is 1. The molecular formula is C13H25N3O. The van der Waals surface area contributed by atoms with Crippen LogP contribution in [0.1, 0.15) is 30.8 Å². The molecule has 1 heterocycles. The fourth-order valence-electron chi connectivity index (χ4n) is 2.00. The minimum Gasteiger partial charge on any atom is -0.380 e. The van der Waals surface area contributed by atoms with Crippen molar-refractivity contribution >= 4 is 0 Å². The first kappa shape index (κ1) is 14.2. The summed E-state index contributed by atoms with van der Waals surface area (Å²) in [6.45, 7) is 12.8. The van der Waals surface area contributed by atoms with Gasteiger partial charge >= 0.3 is 0 Å². The molecule has 0 spiro atoms. The molecule has 98 valence electrons. The van der Waals surface area contributed by atoms with Crippen LogP contribution in [0, 0.1) is 13.8 Å². The Kier molecular flexibility index (Phi) is 6.22. The van der Waals surface area contributed by atoms with Gasteiger partial charge in [-0.1, -0.05) is 6.92 Å². The number of aromatic nitrogens is 2. The molecule has 0 fully saturated rings. The van der Waals surface area contributed by atoms with Crippen LogP contribution in [0.3, 0.4) is 0 Å². The number of hydrogen-bond acceptors (Lipinski definition) is 3. The van der Waals surface area contributed by atoms with E-state index in [9.17, 15) is 0 Å². The second kappa shape index (κ2) is 7.45. The maximum absolute atomic E-state index is 5.37. The summed E-state index contributed by atoms with van der Waals surface area (Å²) < 4.78 is 7.43. The first-order valence-corrected chi connectivity index (χ1v) is 6.52. The number of hydrogen-bond donors (Lipinski definition) is 1. The van der Waals surface area contributed by atoms with Crippen molar-refractivity contribution in [3.05, 3.63) is 17.0 Å². The average Bonchev–Trinajstić information content (AvgIpc) is 2.57. The SMILES string of the molecule is CCNCCc1c(C)nn(CCOCC)c1C. The van der Waals surface area contributed by atoms with E-state index in [1.807, 2.05) is 6.92 Å². The minimum atomic E-state index is 0.741. The van der Waals surface area contributed by atoms with Crippen LogP contribution >= 0.6 is 0 Å². The molecule has 1 aromatic heterocycles. The number of likely N-dealkylation sites (N-methyl/N-ethyl adjacent to an activating group) is 1. The topological polar surface area (TPSA) is 39.1 Å². The van der Waals surface area contributed by atoms with Crippen molar-refractivity contribution in [1.29, 1.82) is 0 Å². The van der Waals surface area contributed by atoms with Crippen molar-refractivity contribution in [2.75, 3.05) is 26.3 Å². The second-order valence-electron chi connectivity index (χ2n) is 4.17. The Morgan fingerprint density at radius 1 is 1.29 bits per heavy atom. The molecule has 0 aliphatic rings. The maximum atomic E-state index is 5.37. The van der Waals surface area contributed by atoms with Gasteiger partial charge in [0.15, 0.2) is 0 Å². The predicted octanol–water partition coefficient (Wildman–Crippen LogP) is 1.69. The van der Waals surface area contributed by atoms with Gasteiger partial charge in [-0.3, -0.25) is 4.68 Å². The molecule has 0 aliphatic carbocycles. The Morgan fingerprint density at radius 2 is 2.06 bits per heavy atom. The molecule has 0 aliphatic heterocycles. The lowest BCUT2D eigenvalue weighted by Crippen LogP contribution is -2.16. The third-order valence-electron chi connectivity index (χ3n) is 2.98. The highest BCUT2D eigenvalue weighted by atomic mass is 16.5. The first-order chi connectivity index (χ1) is 8.20. The fraction of sp³-hybridized carbons (Fsp3) is 0.769. The van der Waals surface area contributed by atoms with Gasteiger partial charge < -0.3 is 10.1 Å². The molecule has 17 heavy (non-hydrogen) atoms. The summed E-state index contributed by atoms with van der Waals surface area (Å²) in [7, 11) is 0. The second-order valence-corrected chi connectivity index (χ2v) is 4.17. The van der Waals surface area contributed by atoms with Gasteiger partial charge in [-0.15, -0.1) is 0 Å². The Morgan fingerprint density at radius 3 is 2.71 bits per heavy atom. The first-order valence-electron chi connectivity index (χ1n) is 6.52. The van der Waals surface area contributed by atoms with Crippen molar-refractivity contribution in [3.8, 4) is 0 Å². The molecule has 1 N–H and O–H groups in total. The molecule has 4 nitrogen and oxygen atoms in total. The van der Waals surface area contributed by atoms with Crippen LogP contribution in [0.4, 0.5) is 0 Å². The molecule has 4 heteroatoms. The fourth-order valence-corrected chi connectivity index (χ4v) is 2.00. The van der Waals surface area contributed by atoms with E-state index in [-0.39, 0.29) is 0 Å². The molecule has 0 amide bonds. The average molecular weight is 239 g/mol. The van der Waals surface area contributed by atoms with Gasteiger partial charge in [0.05, 0.1) is 18.8 Å². The lowest BCUT2D eigenvalue weighted by Gasteiger charge is -2.06. The van der Waals surface area contributed by atoms with Crippen LogP contribution in [0.5, 0.6) is 0 Å². The molecule has 0 unspecified atom stereocenters. The van der Waals surface area contributed by atoms with Crippen LogP contribution in [0.25, 0.3) is 0 Å². The third-order valence-corrected chi connectivity index (χ3v) is 2.98. The summed E-state index contributed by atoms with van der Waals surface area (Å²) in [5.41, 5.74) is 3.81. The van der Waals surface area contributed by atoms with Crippen LogP contribution in [-0.4, -0.2) is 36.1 Å². The normalized spacial score (nSPS) is 11.1. The van der Waals surface area contributed by atoms with Gasteiger partial charge in [0, 0.05) is 12.3 Å². The van der Waals surface area contributed by atoms with Crippen molar-refractivity contribution < 1.29 is 4.74 Å². The lowest BCUT2D eigenvalue weighted by atomic mass is 10.1. The van der Waals surface area contributed by atoms with E-state index in [4.69, 9.17) is 4.74 Å². The molecule has 1 rings (SSSR count). The Balaban J connectivity index is 2.58. The van der Waals surface area contributed by atoms with Crippen molar-refractivity contribution in [2.24, 2.45) is 0 Å². The number of rotatable bonds is 8. The third kappa shape index (κ3) is 4.13. The van der Waals surface area contributed by atoms with Crippen molar-refractivity contribution in [1.82, 2.24) is 15.1 Å². The van der Waals surface area contributed by atoms with E-state index < -0.39 is 0 Å². The van der Waals surface area contributed by atoms with Crippen LogP contribution in [0.2, 0.25) is 0 Å². The molecule has 0 aromatic carbocycles. The molecule has 0 saturated carbocycles. The summed E-state index contributed by atoms with van der Waals surface area (Å²) in [4.78, 5) is 0. The zero-order chi connectivity index (χ0) is 12.7. The van der Waals surface area contributed by atoms with E-state index in [0.717, 1.165) is 45.0 Å². The van der Waals surface area contributed by atoms with Crippen LogP contribution in [-0.2, 0) is 17.7 Å². The van der Waals surface area contributed by atoms with E-state index in [2.05, 4.69) is 35.9 Å². The standard InChI is InChI=1S/C13H25N3O/c1-5-14-8-7-13-11(3)15-16(12(13)4)9-10-17-6-2/h14H,5-10H2,1-4H3. The monoisotopic (exact) mass is 239 g/mol. The summed E-state index contributed by atoms with van der Waals surface area (Å²) in [5, 5.41) is 7.92. The largest absolute Gasteiger partial charge is 0.380 e. The van der Waals surface area contributed by atoms with Gasteiger partial charge in [0.2, 0.25) is 0 Å².